The molecule has 0 atom stereocenters. The third kappa shape index (κ3) is 98.9. The van der Waals surface area contributed by atoms with Crippen LogP contribution in [-0.4, -0.2) is 0 Å². The summed E-state index contributed by atoms with van der Waals surface area (Å²) in [6, 6.07) is 0. The molecule has 0 nitrogen and oxygen atoms in total. The fourth-order valence-electron chi connectivity index (χ4n) is 13.3. The molecule has 0 spiro atoms. The van der Waals surface area contributed by atoms with E-state index in [9.17, 15) is 0 Å². The zero-order valence-corrected chi connectivity index (χ0v) is 86.1. The van der Waals surface area contributed by atoms with Crippen molar-refractivity contribution in [1.29, 1.82) is 0 Å². The zero-order valence-electron chi connectivity index (χ0n) is 86.1. The summed E-state index contributed by atoms with van der Waals surface area (Å²) < 4.78 is 0. The van der Waals surface area contributed by atoms with Crippen LogP contribution in [0.15, 0.2) is 280 Å². The maximum atomic E-state index is 2.43. The third-order valence-corrected chi connectivity index (χ3v) is 21.6. The number of allylic oxidation sites excluding steroid dienone is 48. The monoisotopic (exact) mass is 1640 g/mol. The van der Waals surface area contributed by atoms with Crippen molar-refractivity contribution in [2.45, 2.75) is 478 Å². The molecule has 0 heterocycles. The van der Waals surface area contributed by atoms with E-state index in [1.54, 1.807) is 0 Å². The topological polar surface area (TPSA) is 0 Å². The van der Waals surface area contributed by atoms with Crippen LogP contribution < -0.4 is 0 Å². The predicted molar refractivity (Wildman–Crippen MR) is 560 cm³/mol. The van der Waals surface area contributed by atoms with Gasteiger partial charge in [-0.1, -0.05) is 280 Å². The summed E-state index contributed by atoms with van der Waals surface area (Å²) in [5.41, 5.74) is 35.9. The quantitative estimate of drug-likeness (QED) is 0.0421. The minimum Gasteiger partial charge on any atom is -0.0856 e. The first-order chi connectivity index (χ1) is 56.8. The lowest BCUT2D eigenvalue weighted by atomic mass is 10.0. The largest absolute Gasteiger partial charge is 0.0856 e. The van der Waals surface area contributed by atoms with Gasteiger partial charge in [-0.3, -0.25) is 0 Å². The van der Waals surface area contributed by atoms with E-state index in [2.05, 4.69) is 367 Å². The highest BCUT2D eigenvalue weighted by Crippen LogP contribution is 2.22. The van der Waals surface area contributed by atoms with Crippen LogP contribution in [-0.2, 0) is 0 Å². The molecule has 0 saturated carbocycles. The Bertz CT molecular complexity index is 2770. The molecule has 0 aromatic rings. The van der Waals surface area contributed by atoms with Gasteiger partial charge in [0, 0.05) is 0 Å². The summed E-state index contributed by atoms with van der Waals surface area (Å²) in [7, 11) is 0. The average Bonchev–Trinajstić information content (AvgIpc) is 0.981. The Kier molecular flexibility index (Phi) is 83.7. The van der Waals surface area contributed by atoms with Crippen molar-refractivity contribution in [3.05, 3.63) is 280 Å². The van der Waals surface area contributed by atoms with Crippen LogP contribution >= 0.6 is 0 Å². The standard InChI is InChI=1S/4C30H50/c4*1-25(2)15-11-19-29(7)23-13-21-27(5)17-9-10-18-28(6)22-14-24-30(8)20-12-16-26(3)4/h4*15-18,23-24H,9-14,19-22H2,1-8H3/b4*27-17+,28-18+,29-23+,30-24+. The first kappa shape index (κ1) is 120. The highest BCUT2D eigenvalue weighted by atomic mass is 14.1. The molecule has 0 aromatic heterocycles. The zero-order chi connectivity index (χ0) is 91.1. The first-order valence-corrected chi connectivity index (χ1v) is 48.4. The minimum absolute atomic E-state index is 1.17. The van der Waals surface area contributed by atoms with Gasteiger partial charge in [0.15, 0.2) is 0 Å². The SMILES string of the molecule is CC(C)=CCC/C(C)=C/CC/C(C)=C/CC/C=C(\C)CC/C=C(\C)CCC=C(C)C.CC(C)=CCC/C(C)=C/CC/C(C)=C/CC/C=C(\C)CC/C=C(\C)CCC=C(C)C.CC(C)=CCC/C(C)=C/CC/C(C)=C/CC/C=C(\C)CC/C=C(\C)CCC=C(C)C.CC(C)=CCC/C(C)=C/CC/C(C)=C/CC/C=C(\C)CC/C=C(\C)CCC=C(C)C. The van der Waals surface area contributed by atoms with E-state index >= 15 is 0 Å². The minimum atomic E-state index is 1.17. The van der Waals surface area contributed by atoms with E-state index in [1.165, 1.54) is 391 Å². The smallest absolute Gasteiger partial charge is 0.0288 e. The normalized spacial score (nSPS) is 13.5. The van der Waals surface area contributed by atoms with Crippen LogP contribution in [0.4, 0.5) is 0 Å². The molecule has 0 unspecified atom stereocenters. The molecule has 0 rings (SSSR count). The van der Waals surface area contributed by atoms with E-state index in [1.807, 2.05) is 0 Å². The van der Waals surface area contributed by atoms with Crippen molar-refractivity contribution in [3.8, 4) is 0 Å². The van der Waals surface area contributed by atoms with Gasteiger partial charge in [-0.2, -0.15) is 0 Å². The maximum absolute atomic E-state index is 2.43. The second-order valence-corrected chi connectivity index (χ2v) is 38.0. The van der Waals surface area contributed by atoms with Crippen LogP contribution in [0.3, 0.4) is 0 Å². The summed E-state index contributed by atoms with van der Waals surface area (Å²) in [5, 5.41) is 0. The Morgan fingerprint density at radius 1 is 0.0833 bits per heavy atom. The Labute approximate surface area is 753 Å². The lowest BCUT2D eigenvalue weighted by Crippen LogP contribution is -1.82. The molecule has 0 aliphatic carbocycles. The number of hydrogen-bond acceptors (Lipinski definition) is 0. The molecule has 0 saturated heterocycles. The molecule has 0 aromatic carbocycles. The van der Waals surface area contributed by atoms with Gasteiger partial charge >= 0.3 is 0 Å². The van der Waals surface area contributed by atoms with Crippen molar-refractivity contribution >= 4 is 0 Å². The summed E-state index contributed by atoms with van der Waals surface area (Å²) in [5.74, 6) is 0. The number of unbranched alkanes of at least 4 members (excludes halogenated alkanes) is 4. The molecule has 0 radical (unpaired) electrons. The van der Waals surface area contributed by atoms with Crippen LogP contribution in [0, 0.1) is 0 Å². The van der Waals surface area contributed by atoms with Gasteiger partial charge < -0.3 is 0 Å². The number of hydrogen-bond donors (Lipinski definition) is 0. The van der Waals surface area contributed by atoms with Gasteiger partial charge in [-0.25, -0.2) is 0 Å². The van der Waals surface area contributed by atoms with Crippen LogP contribution in [0.1, 0.15) is 478 Å². The van der Waals surface area contributed by atoms with Crippen molar-refractivity contribution in [2.24, 2.45) is 0 Å². The highest BCUT2D eigenvalue weighted by molar-refractivity contribution is 5.15. The highest BCUT2D eigenvalue weighted by Gasteiger charge is 2.02. The summed E-state index contributed by atoms with van der Waals surface area (Å²) in [6.07, 6.45) is 105. The van der Waals surface area contributed by atoms with E-state index in [-0.39, 0.29) is 0 Å². The van der Waals surface area contributed by atoms with Gasteiger partial charge in [0.1, 0.15) is 0 Å². The molecule has 0 N–H and O–H groups in total. The molecular formula is C120H200. The lowest BCUT2D eigenvalue weighted by Gasteiger charge is -2.02. The molecule has 120 heavy (non-hydrogen) atoms. The second-order valence-electron chi connectivity index (χ2n) is 38.0. The molecule has 680 valence electrons. The van der Waals surface area contributed by atoms with Crippen molar-refractivity contribution < 1.29 is 0 Å². The third-order valence-electron chi connectivity index (χ3n) is 21.6. The van der Waals surface area contributed by atoms with Crippen LogP contribution in [0.2, 0.25) is 0 Å². The van der Waals surface area contributed by atoms with Crippen molar-refractivity contribution in [3.63, 3.8) is 0 Å². The first-order valence-electron chi connectivity index (χ1n) is 48.4. The van der Waals surface area contributed by atoms with Crippen LogP contribution in [0.25, 0.3) is 0 Å². The molecule has 0 bridgehead atoms. The summed E-state index contributed by atoms with van der Waals surface area (Å²) >= 11 is 0. The van der Waals surface area contributed by atoms with Gasteiger partial charge in [0.25, 0.3) is 0 Å². The molecule has 0 heteroatoms. The fraction of sp³-hybridized carbons (Fsp3) is 0.600. The van der Waals surface area contributed by atoms with Gasteiger partial charge in [0.2, 0.25) is 0 Å². The Balaban J connectivity index is -0.000000748. The van der Waals surface area contributed by atoms with Gasteiger partial charge in [0.05, 0.1) is 0 Å². The molecule has 0 amide bonds. The van der Waals surface area contributed by atoms with Crippen molar-refractivity contribution in [1.82, 2.24) is 0 Å². The van der Waals surface area contributed by atoms with E-state index in [0.717, 1.165) is 0 Å². The number of rotatable bonds is 60. The molecule has 0 fully saturated rings. The molecule has 0 aliphatic rings. The Hall–Kier alpha value is -6.24. The predicted octanol–water partition coefficient (Wildman–Crippen LogP) is 42.4. The second kappa shape index (κ2) is 83.6. The average molecular weight is 1640 g/mol. The maximum Gasteiger partial charge on any atom is -0.0288 e. The van der Waals surface area contributed by atoms with Gasteiger partial charge in [-0.05, 0) is 478 Å². The van der Waals surface area contributed by atoms with E-state index in [4.69, 9.17) is 0 Å². The summed E-state index contributed by atoms with van der Waals surface area (Å²) in [6.45, 7) is 71.2. The van der Waals surface area contributed by atoms with E-state index in [0.29, 0.717) is 0 Å². The van der Waals surface area contributed by atoms with Crippen LogP contribution in [0.5, 0.6) is 0 Å². The fourth-order valence-corrected chi connectivity index (χ4v) is 13.3. The lowest BCUT2D eigenvalue weighted by molar-refractivity contribution is 0.896. The van der Waals surface area contributed by atoms with Crippen molar-refractivity contribution in [2.75, 3.05) is 0 Å². The Morgan fingerprint density at radius 2 is 0.142 bits per heavy atom. The van der Waals surface area contributed by atoms with E-state index < -0.39 is 0 Å². The molecular weight excluding hydrogens is 1440 g/mol. The van der Waals surface area contributed by atoms with Gasteiger partial charge in [-0.15, -0.1) is 0 Å². The molecule has 0 aliphatic heterocycles. The summed E-state index contributed by atoms with van der Waals surface area (Å²) in [4.78, 5) is 0. The Morgan fingerprint density at radius 3 is 0.208 bits per heavy atom.